The Balaban J connectivity index is 2.73. The highest BCUT2D eigenvalue weighted by Crippen LogP contribution is 2.53. The number of ketones is 1. The summed E-state index contributed by atoms with van der Waals surface area (Å²) in [6, 6.07) is 0. The molecule has 0 radical (unpaired) electrons. The molecule has 0 N–H and O–H groups in total. The molecule has 1 fully saturated rings. The summed E-state index contributed by atoms with van der Waals surface area (Å²) in [7, 11) is -1.14. The maximum absolute atomic E-state index is 12.5. The normalized spacial score (nSPS) is 27.8. The Bertz CT molecular complexity index is 343. The number of carbonyl (C=O) groups excluding carboxylic acids is 1. The van der Waals surface area contributed by atoms with Gasteiger partial charge in [-0.3, -0.25) is 4.79 Å². The van der Waals surface area contributed by atoms with E-state index in [1.165, 1.54) is 19.3 Å². The van der Waals surface area contributed by atoms with Crippen LogP contribution in [0, 0.1) is 23.2 Å². The number of Topliss-reactive ketones (excluding diaryl/α,β-unsaturated/α-hetero) is 1. The van der Waals surface area contributed by atoms with Crippen LogP contribution in [0.15, 0.2) is 11.8 Å². The second-order valence-corrected chi connectivity index (χ2v) is 13.3. The average Bonchev–Trinajstić information content (AvgIpc) is 2.93. The molecule has 1 aliphatic carbocycles. The molecule has 1 rings (SSSR count). The van der Waals surface area contributed by atoms with Crippen molar-refractivity contribution in [3.05, 3.63) is 11.8 Å². The van der Waals surface area contributed by atoms with Crippen LogP contribution in [0.4, 0.5) is 0 Å². The minimum Gasteiger partial charge on any atom is -0.299 e. The van der Waals surface area contributed by atoms with Crippen LogP contribution in [0.1, 0.15) is 47.0 Å². The van der Waals surface area contributed by atoms with E-state index < -0.39 is 8.07 Å². The summed E-state index contributed by atoms with van der Waals surface area (Å²) in [6.07, 6.45) is 6.10. The van der Waals surface area contributed by atoms with Crippen molar-refractivity contribution in [2.75, 3.05) is 0 Å². The fourth-order valence-electron chi connectivity index (χ4n) is 2.74. The second kappa shape index (κ2) is 5.95. The van der Waals surface area contributed by atoms with E-state index in [1.807, 2.05) is 0 Å². The lowest BCUT2D eigenvalue weighted by molar-refractivity contribution is -0.128. The van der Waals surface area contributed by atoms with E-state index in [4.69, 9.17) is 0 Å². The summed E-state index contributed by atoms with van der Waals surface area (Å²) < 4.78 is 0. The highest BCUT2D eigenvalue weighted by molar-refractivity contribution is 6.80. The van der Waals surface area contributed by atoms with Gasteiger partial charge in [0.2, 0.25) is 0 Å². The Hall–Kier alpha value is -0.373. The maximum atomic E-state index is 12.5. The first-order valence-corrected chi connectivity index (χ1v) is 11.4. The van der Waals surface area contributed by atoms with Crippen molar-refractivity contribution in [1.29, 1.82) is 0 Å². The minimum atomic E-state index is -1.14. The topological polar surface area (TPSA) is 17.1 Å². The lowest BCUT2D eigenvalue weighted by Gasteiger charge is -2.16. The third kappa shape index (κ3) is 4.90. The summed E-state index contributed by atoms with van der Waals surface area (Å²) in [4.78, 5) is 12.5. The fraction of sp³-hybridized carbons (Fsp3) is 0.824. The Labute approximate surface area is 120 Å². The lowest BCUT2D eigenvalue weighted by Crippen LogP contribution is -2.23. The Morgan fingerprint density at radius 3 is 2.21 bits per heavy atom. The van der Waals surface area contributed by atoms with Crippen molar-refractivity contribution in [3.63, 3.8) is 0 Å². The van der Waals surface area contributed by atoms with E-state index in [9.17, 15) is 4.79 Å². The van der Waals surface area contributed by atoms with Crippen molar-refractivity contribution in [2.24, 2.45) is 23.2 Å². The fourth-order valence-corrected chi connectivity index (χ4v) is 3.54. The maximum Gasteiger partial charge on any atom is 0.142 e. The van der Waals surface area contributed by atoms with Crippen molar-refractivity contribution in [1.82, 2.24) is 0 Å². The molecule has 0 amide bonds. The van der Waals surface area contributed by atoms with E-state index in [2.05, 4.69) is 59.1 Å². The predicted molar refractivity (Wildman–Crippen MR) is 86.9 cm³/mol. The number of unbranched alkanes of at least 4 members (excludes halogenated alkanes) is 1. The summed E-state index contributed by atoms with van der Waals surface area (Å²) in [5.41, 5.74) is 2.24. The molecule has 1 nitrogen and oxygen atoms in total. The molecule has 0 unspecified atom stereocenters. The van der Waals surface area contributed by atoms with Gasteiger partial charge < -0.3 is 0 Å². The lowest BCUT2D eigenvalue weighted by atomic mass is 9.86. The Morgan fingerprint density at radius 2 is 1.79 bits per heavy atom. The second-order valence-electron chi connectivity index (χ2n) is 8.25. The first-order valence-electron chi connectivity index (χ1n) is 7.81. The van der Waals surface area contributed by atoms with Crippen LogP contribution in [-0.4, -0.2) is 13.9 Å². The van der Waals surface area contributed by atoms with E-state index in [0.717, 1.165) is 0 Å². The van der Waals surface area contributed by atoms with Crippen LogP contribution >= 0.6 is 0 Å². The van der Waals surface area contributed by atoms with Crippen LogP contribution in [-0.2, 0) is 4.79 Å². The molecule has 1 saturated carbocycles. The molecule has 1 aliphatic rings. The molecule has 0 bridgehead atoms. The standard InChI is InChI=1S/C17H32OSi/c1-8-9-10-13-14(11-12-19(5,6)7)15(13)16(18)17(2,3)4/h11-15H,8-10H2,1-7H3/b12-11+/t13-,14-,15+/m0/s1. The largest absolute Gasteiger partial charge is 0.299 e. The van der Waals surface area contributed by atoms with Crippen molar-refractivity contribution in [2.45, 2.75) is 66.6 Å². The van der Waals surface area contributed by atoms with Gasteiger partial charge in [-0.25, -0.2) is 0 Å². The van der Waals surface area contributed by atoms with E-state index in [0.29, 0.717) is 23.5 Å². The summed E-state index contributed by atoms with van der Waals surface area (Å²) in [5, 5.41) is 0. The minimum absolute atomic E-state index is 0.184. The smallest absolute Gasteiger partial charge is 0.142 e. The number of allylic oxidation sites excluding steroid dienone is 1. The van der Waals surface area contributed by atoms with Gasteiger partial charge >= 0.3 is 0 Å². The van der Waals surface area contributed by atoms with Gasteiger partial charge in [0.05, 0.1) is 8.07 Å². The van der Waals surface area contributed by atoms with Gasteiger partial charge in [0.25, 0.3) is 0 Å². The molecular formula is C17H32OSi. The molecule has 0 spiro atoms. The summed E-state index contributed by atoms with van der Waals surface area (Å²) in [5.74, 6) is 1.93. The molecule has 3 atom stereocenters. The van der Waals surface area contributed by atoms with Gasteiger partial charge in [-0.2, -0.15) is 0 Å². The zero-order chi connectivity index (χ0) is 14.8. The Morgan fingerprint density at radius 1 is 1.21 bits per heavy atom. The Kier molecular flexibility index (Phi) is 5.22. The van der Waals surface area contributed by atoms with Crippen LogP contribution in [0.25, 0.3) is 0 Å². The molecule has 0 aromatic carbocycles. The number of rotatable bonds is 6. The van der Waals surface area contributed by atoms with Crippen LogP contribution in [0.2, 0.25) is 19.6 Å². The SMILES string of the molecule is CCCC[C@H]1[C@H](/C=C/[Si](C)(C)C)[C@@H]1C(=O)C(C)(C)C. The first-order chi connectivity index (χ1) is 8.58. The van der Waals surface area contributed by atoms with Crippen molar-refractivity contribution in [3.8, 4) is 0 Å². The third-order valence-electron chi connectivity index (χ3n) is 3.98. The highest BCUT2D eigenvalue weighted by atomic mass is 28.3. The van der Waals surface area contributed by atoms with Gasteiger partial charge in [-0.05, 0) is 18.3 Å². The summed E-state index contributed by atoms with van der Waals surface area (Å²) >= 11 is 0. The van der Waals surface area contributed by atoms with Crippen LogP contribution < -0.4 is 0 Å². The van der Waals surface area contributed by atoms with Gasteiger partial charge in [0, 0.05) is 11.3 Å². The quantitative estimate of drug-likeness (QED) is 0.620. The molecular weight excluding hydrogens is 248 g/mol. The van der Waals surface area contributed by atoms with Crippen LogP contribution in [0.5, 0.6) is 0 Å². The first kappa shape index (κ1) is 16.7. The average molecular weight is 281 g/mol. The molecule has 2 heteroatoms. The molecule has 110 valence electrons. The van der Waals surface area contributed by atoms with Crippen molar-refractivity contribution >= 4 is 13.9 Å². The molecule has 0 aliphatic heterocycles. The summed E-state index contributed by atoms with van der Waals surface area (Å²) in [6.45, 7) is 15.5. The van der Waals surface area contributed by atoms with Gasteiger partial charge in [0.1, 0.15) is 5.78 Å². The third-order valence-corrected chi connectivity index (χ3v) is 5.17. The number of hydrogen-bond acceptors (Lipinski definition) is 1. The monoisotopic (exact) mass is 280 g/mol. The van der Waals surface area contributed by atoms with E-state index >= 15 is 0 Å². The highest BCUT2D eigenvalue weighted by Gasteiger charge is 2.54. The zero-order valence-corrected chi connectivity index (χ0v) is 14.9. The number of carbonyl (C=O) groups is 1. The van der Waals surface area contributed by atoms with Gasteiger partial charge in [-0.1, -0.05) is 72.0 Å². The van der Waals surface area contributed by atoms with E-state index in [-0.39, 0.29) is 5.41 Å². The molecule has 0 heterocycles. The molecule has 0 aromatic heterocycles. The van der Waals surface area contributed by atoms with E-state index in [1.54, 1.807) is 0 Å². The predicted octanol–water partition coefficient (Wildman–Crippen LogP) is 5.09. The van der Waals surface area contributed by atoms with Gasteiger partial charge in [0.15, 0.2) is 0 Å². The molecule has 19 heavy (non-hydrogen) atoms. The van der Waals surface area contributed by atoms with Gasteiger partial charge in [-0.15, -0.1) is 0 Å². The molecule has 0 aromatic rings. The van der Waals surface area contributed by atoms with Crippen molar-refractivity contribution < 1.29 is 4.79 Å². The zero-order valence-electron chi connectivity index (χ0n) is 13.9. The molecule has 0 saturated heterocycles. The van der Waals surface area contributed by atoms with Crippen LogP contribution in [0.3, 0.4) is 0 Å². The number of hydrogen-bond donors (Lipinski definition) is 0.